The molecule has 42 heavy (non-hydrogen) atoms. The molecule has 220 valence electrons. The average Bonchev–Trinajstić information content (AvgIpc) is 3.41. The third-order valence-corrected chi connectivity index (χ3v) is 6.91. The lowest BCUT2D eigenvalue weighted by atomic mass is 10.1. The monoisotopic (exact) mass is 579 g/mol. The highest BCUT2D eigenvalue weighted by atomic mass is 19.2. The SMILES string of the molecule is COc1ccc(-c2cnc3c(Nc4ccc(C(=O)NCCOCCN5CCNC(=O)C5)c(C)c4)nccn23)c(F)c1F. The number of piperazine rings is 1. The number of imidazole rings is 1. The molecule has 3 N–H and O–H groups in total. The Bertz CT molecular complexity index is 1610. The van der Waals surface area contributed by atoms with Crippen LogP contribution >= 0.6 is 0 Å². The Hall–Kier alpha value is -4.62. The van der Waals surface area contributed by atoms with Crippen molar-refractivity contribution in [2.24, 2.45) is 0 Å². The lowest BCUT2D eigenvalue weighted by Crippen LogP contribution is -2.48. The normalized spacial score (nSPS) is 13.7. The van der Waals surface area contributed by atoms with E-state index in [4.69, 9.17) is 9.47 Å². The molecule has 2 aromatic heterocycles. The number of hydrogen-bond acceptors (Lipinski definition) is 8. The van der Waals surface area contributed by atoms with Gasteiger partial charge in [-0.15, -0.1) is 0 Å². The van der Waals surface area contributed by atoms with E-state index in [-0.39, 0.29) is 23.1 Å². The lowest BCUT2D eigenvalue weighted by Gasteiger charge is -2.26. The van der Waals surface area contributed by atoms with Gasteiger partial charge in [-0.3, -0.25) is 18.9 Å². The number of ether oxygens (including phenoxy) is 2. The molecule has 11 nitrogen and oxygen atoms in total. The molecule has 1 saturated heterocycles. The topological polar surface area (TPSA) is 122 Å². The van der Waals surface area contributed by atoms with Crippen molar-refractivity contribution in [2.45, 2.75) is 6.92 Å². The molecule has 4 aromatic rings. The Kier molecular flexibility index (Phi) is 8.88. The minimum atomic E-state index is -1.07. The van der Waals surface area contributed by atoms with E-state index < -0.39 is 11.6 Å². The fourth-order valence-corrected chi connectivity index (χ4v) is 4.74. The van der Waals surface area contributed by atoms with Crippen molar-refractivity contribution in [3.05, 3.63) is 71.7 Å². The van der Waals surface area contributed by atoms with Gasteiger partial charge in [0.15, 0.2) is 23.0 Å². The van der Waals surface area contributed by atoms with Crippen LogP contribution in [0.25, 0.3) is 16.9 Å². The molecule has 1 aliphatic rings. The van der Waals surface area contributed by atoms with Gasteiger partial charge in [0.25, 0.3) is 5.91 Å². The molecule has 3 heterocycles. The number of aryl methyl sites for hydroxylation is 1. The molecular weight excluding hydrogens is 548 g/mol. The number of halogens is 2. The number of methoxy groups -OCH3 is 1. The third kappa shape index (κ3) is 6.31. The lowest BCUT2D eigenvalue weighted by molar-refractivity contribution is -0.124. The number of aromatic nitrogens is 3. The summed E-state index contributed by atoms with van der Waals surface area (Å²) in [4.78, 5) is 34.9. The van der Waals surface area contributed by atoms with Crippen LogP contribution < -0.4 is 20.7 Å². The number of amides is 2. The van der Waals surface area contributed by atoms with E-state index in [1.165, 1.54) is 31.6 Å². The number of carbonyl (C=O) groups excluding carboxylic acids is 2. The third-order valence-electron chi connectivity index (χ3n) is 6.91. The van der Waals surface area contributed by atoms with E-state index in [0.29, 0.717) is 67.8 Å². The zero-order chi connectivity index (χ0) is 29.6. The first-order chi connectivity index (χ1) is 20.4. The van der Waals surface area contributed by atoms with Crippen molar-refractivity contribution in [3.63, 3.8) is 0 Å². The highest BCUT2D eigenvalue weighted by Crippen LogP contribution is 2.31. The van der Waals surface area contributed by atoms with Gasteiger partial charge in [-0.25, -0.2) is 14.4 Å². The number of fused-ring (bicyclic) bond motifs is 1. The fraction of sp³-hybridized carbons (Fsp3) is 0.310. The summed E-state index contributed by atoms with van der Waals surface area (Å²) in [6.07, 6.45) is 4.58. The van der Waals surface area contributed by atoms with Crippen LogP contribution in [0, 0.1) is 18.6 Å². The summed E-state index contributed by atoms with van der Waals surface area (Å²) in [6, 6.07) is 8.07. The predicted octanol–water partition coefficient (Wildman–Crippen LogP) is 2.91. The molecule has 0 unspecified atom stereocenters. The predicted molar refractivity (Wildman–Crippen MR) is 152 cm³/mol. The maximum atomic E-state index is 14.8. The highest BCUT2D eigenvalue weighted by Gasteiger charge is 2.19. The summed E-state index contributed by atoms with van der Waals surface area (Å²) in [5, 5.41) is 8.84. The molecule has 0 spiro atoms. The van der Waals surface area contributed by atoms with Crippen molar-refractivity contribution in [1.29, 1.82) is 0 Å². The molecule has 0 saturated carbocycles. The Labute approximate surface area is 240 Å². The summed E-state index contributed by atoms with van der Waals surface area (Å²) in [5.74, 6) is -2.09. The van der Waals surface area contributed by atoms with E-state index in [1.54, 1.807) is 22.7 Å². The van der Waals surface area contributed by atoms with E-state index in [1.807, 2.05) is 17.9 Å². The first-order valence-corrected chi connectivity index (χ1v) is 13.4. The smallest absolute Gasteiger partial charge is 0.251 e. The van der Waals surface area contributed by atoms with E-state index in [2.05, 4.69) is 25.9 Å². The molecule has 0 atom stereocenters. The largest absolute Gasteiger partial charge is 0.494 e. The zero-order valence-electron chi connectivity index (χ0n) is 23.2. The van der Waals surface area contributed by atoms with Crippen molar-refractivity contribution in [3.8, 4) is 17.0 Å². The van der Waals surface area contributed by atoms with E-state index in [9.17, 15) is 18.4 Å². The van der Waals surface area contributed by atoms with Gasteiger partial charge in [-0.05, 0) is 42.8 Å². The fourth-order valence-electron chi connectivity index (χ4n) is 4.74. The quantitative estimate of drug-likeness (QED) is 0.232. The number of hydrogen-bond donors (Lipinski definition) is 3. The van der Waals surface area contributed by atoms with Gasteiger partial charge in [-0.1, -0.05) is 0 Å². The molecule has 2 amide bonds. The molecule has 2 aromatic carbocycles. The van der Waals surface area contributed by atoms with Crippen molar-refractivity contribution in [1.82, 2.24) is 29.9 Å². The van der Waals surface area contributed by atoms with Gasteiger partial charge in [0.1, 0.15) is 0 Å². The average molecular weight is 580 g/mol. The molecule has 1 fully saturated rings. The van der Waals surface area contributed by atoms with Crippen molar-refractivity contribution in [2.75, 3.05) is 58.4 Å². The summed E-state index contributed by atoms with van der Waals surface area (Å²) >= 11 is 0. The van der Waals surface area contributed by atoms with Crippen LogP contribution in [0.2, 0.25) is 0 Å². The number of anilines is 2. The second-order valence-electron chi connectivity index (χ2n) is 9.71. The number of nitrogens with one attached hydrogen (secondary N) is 3. The minimum Gasteiger partial charge on any atom is -0.494 e. The second kappa shape index (κ2) is 12.9. The van der Waals surface area contributed by atoms with Crippen LogP contribution in [0.5, 0.6) is 5.75 Å². The van der Waals surface area contributed by atoms with E-state index >= 15 is 0 Å². The summed E-state index contributed by atoms with van der Waals surface area (Å²) < 4.78 is 41.2. The van der Waals surface area contributed by atoms with Gasteiger partial charge in [0.2, 0.25) is 11.7 Å². The van der Waals surface area contributed by atoms with Crippen LogP contribution in [0.1, 0.15) is 15.9 Å². The van der Waals surface area contributed by atoms with Gasteiger partial charge >= 0.3 is 0 Å². The molecule has 5 rings (SSSR count). The maximum absolute atomic E-state index is 14.8. The van der Waals surface area contributed by atoms with Crippen molar-refractivity contribution >= 4 is 29.0 Å². The van der Waals surface area contributed by atoms with Crippen LogP contribution in [0.4, 0.5) is 20.3 Å². The van der Waals surface area contributed by atoms with Crippen molar-refractivity contribution < 1.29 is 27.8 Å². The van der Waals surface area contributed by atoms with Crippen LogP contribution in [-0.2, 0) is 9.53 Å². The molecular formula is C29H31F2N7O4. The van der Waals surface area contributed by atoms with Crippen LogP contribution in [0.15, 0.2) is 48.9 Å². The number of benzene rings is 2. The van der Waals surface area contributed by atoms with E-state index in [0.717, 1.165) is 12.1 Å². The Morgan fingerprint density at radius 3 is 2.79 bits per heavy atom. The second-order valence-corrected chi connectivity index (χ2v) is 9.71. The van der Waals surface area contributed by atoms with Crippen LogP contribution in [0.3, 0.4) is 0 Å². The van der Waals surface area contributed by atoms with Gasteiger partial charge in [0, 0.05) is 55.4 Å². The summed E-state index contributed by atoms with van der Waals surface area (Å²) in [6.45, 7) is 5.51. The zero-order valence-corrected chi connectivity index (χ0v) is 23.2. The molecule has 0 radical (unpaired) electrons. The first kappa shape index (κ1) is 28.9. The molecule has 0 bridgehead atoms. The summed E-state index contributed by atoms with van der Waals surface area (Å²) in [5.41, 5.74) is 2.72. The molecule has 1 aliphatic heterocycles. The summed E-state index contributed by atoms with van der Waals surface area (Å²) in [7, 11) is 1.27. The molecule has 0 aliphatic carbocycles. The number of carbonyl (C=O) groups is 2. The Balaban J connectivity index is 1.19. The highest BCUT2D eigenvalue weighted by molar-refractivity contribution is 5.96. The number of nitrogens with zero attached hydrogens (tertiary/aromatic N) is 4. The first-order valence-electron chi connectivity index (χ1n) is 13.4. The van der Waals surface area contributed by atoms with Gasteiger partial charge in [-0.2, -0.15) is 4.39 Å². The molecule has 13 heteroatoms. The number of rotatable bonds is 11. The van der Waals surface area contributed by atoms with Crippen LogP contribution in [-0.4, -0.2) is 84.1 Å². The standard InChI is InChI=1S/C29H31F2N7O4/c1-18-15-19(3-4-20(18)29(40)34-9-13-42-14-12-37-10-7-32-24(39)17-37)36-27-28-35-16-22(38(28)11-8-33-27)21-5-6-23(41-2)26(31)25(21)30/h3-6,8,11,15-16H,7,9-10,12-14,17H2,1-2H3,(H,32,39)(H,33,36)(H,34,40). The van der Waals surface area contributed by atoms with Gasteiger partial charge in [0.05, 0.1) is 38.8 Å². The maximum Gasteiger partial charge on any atom is 0.251 e. The minimum absolute atomic E-state index is 0.0216. The Morgan fingerprint density at radius 2 is 2.00 bits per heavy atom. The Morgan fingerprint density at radius 1 is 1.14 bits per heavy atom. The van der Waals surface area contributed by atoms with Gasteiger partial charge < -0.3 is 25.4 Å².